The molecule has 5 aromatic rings. The number of nitrogens with zero attached hydrogens (tertiary/aromatic N) is 6. The highest BCUT2D eigenvalue weighted by atomic mass is 32.1. The van der Waals surface area contributed by atoms with Gasteiger partial charge in [-0.1, -0.05) is 42.5 Å². The topological polar surface area (TPSA) is 62.1 Å². The van der Waals surface area contributed by atoms with Crippen LogP contribution in [0.25, 0.3) is 33.0 Å². The SMILES string of the molecule is CCN1CCN(c2cc3c(cc2Nc2nnc(-c4ccccc4F)s2)nc(-c2ccccc2F)n3C2CC2)CC1. The van der Waals surface area contributed by atoms with E-state index >= 15 is 0 Å². The quantitative estimate of drug-likeness (QED) is 0.240. The number of piperazine rings is 1. The summed E-state index contributed by atoms with van der Waals surface area (Å²) >= 11 is 1.31. The molecule has 7 nitrogen and oxygen atoms in total. The monoisotopic (exact) mass is 557 g/mol. The highest BCUT2D eigenvalue weighted by Crippen LogP contribution is 2.44. The van der Waals surface area contributed by atoms with E-state index in [1.165, 1.54) is 23.5 Å². The van der Waals surface area contributed by atoms with E-state index in [-0.39, 0.29) is 11.6 Å². The van der Waals surface area contributed by atoms with Gasteiger partial charge in [-0.3, -0.25) is 0 Å². The number of hydrogen-bond acceptors (Lipinski definition) is 7. The Morgan fingerprint density at radius 3 is 2.27 bits per heavy atom. The number of aromatic nitrogens is 4. The van der Waals surface area contributed by atoms with Crippen molar-refractivity contribution in [2.45, 2.75) is 25.8 Å². The van der Waals surface area contributed by atoms with Crippen molar-refractivity contribution < 1.29 is 8.78 Å². The Bertz CT molecular complexity index is 1680. The molecule has 7 rings (SSSR count). The summed E-state index contributed by atoms with van der Waals surface area (Å²) in [6.07, 6.45) is 2.11. The Morgan fingerprint density at radius 2 is 1.60 bits per heavy atom. The van der Waals surface area contributed by atoms with Crippen LogP contribution in [0.15, 0.2) is 60.7 Å². The summed E-state index contributed by atoms with van der Waals surface area (Å²) in [7, 11) is 0. The zero-order valence-electron chi connectivity index (χ0n) is 22.1. The molecule has 3 aromatic carbocycles. The van der Waals surface area contributed by atoms with Gasteiger partial charge in [-0.05, 0) is 55.8 Å². The maximum Gasteiger partial charge on any atom is 0.210 e. The molecule has 40 heavy (non-hydrogen) atoms. The summed E-state index contributed by atoms with van der Waals surface area (Å²) < 4.78 is 31.5. The third kappa shape index (κ3) is 4.61. The Balaban J connectivity index is 1.33. The van der Waals surface area contributed by atoms with Crippen LogP contribution in [0.1, 0.15) is 25.8 Å². The van der Waals surface area contributed by atoms with Crippen LogP contribution >= 0.6 is 11.3 Å². The molecule has 1 saturated heterocycles. The molecule has 0 bridgehead atoms. The second-order valence-corrected chi connectivity index (χ2v) is 11.3. The summed E-state index contributed by atoms with van der Waals surface area (Å²) in [5.41, 5.74) is 4.64. The number of hydrogen-bond donors (Lipinski definition) is 1. The van der Waals surface area contributed by atoms with Crippen molar-refractivity contribution in [3.8, 4) is 22.0 Å². The van der Waals surface area contributed by atoms with Crippen LogP contribution in [0, 0.1) is 11.6 Å². The molecule has 2 aliphatic rings. The molecule has 0 unspecified atom stereocenters. The number of imidazole rings is 1. The molecule has 0 atom stereocenters. The Kier molecular flexibility index (Phi) is 6.44. The van der Waals surface area contributed by atoms with E-state index in [1.807, 2.05) is 12.1 Å². The van der Waals surface area contributed by atoms with E-state index in [2.05, 4.69) is 42.9 Å². The average Bonchev–Trinajstić information content (AvgIpc) is 3.60. The lowest BCUT2D eigenvalue weighted by Gasteiger charge is -2.36. The molecule has 0 amide bonds. The van der Waals surface area contributed by atoms with Crippen molar-refractivity contribution in [3.63, 3.8) is 0 Å². The van der Waals surface area contributed by atoms with E-state index in [1.54, 1.807) is 30.3 Å². The van der Waals surface area contributed by atoms with Gasteiger partial charge in [-0.15, -0.1) is 10.2 Å². The average molecular weight is 558 g/mol. The number of rotatable bonds is 7. The standard InChI is InChI=1S/C30H29F2N7S/c1-2-37-13-15-38(16-14-37)26-18-27-25(33-28(39(27)19-11-12-19)20-7-3-5-9-22(20)31)17-24(26)34-30-36-35-29(40-30)21-8-4-6-10-23(21)32/h3-10,17-19H,2,11-16H2,1H3,(H,34,36). The van der Waals surface area contributed by atoms with Gasteiger partial charge in [0.05, 0.1) is 28.0 Å². The van der Waals surface area contributed by atoms with Crippen molar-refractivity contribution >= 4 is 38.9 Å². The van der Waals surface area contributed by atoms with Crippen molar-refractivity contribution in [3.05, 3.63) is 72.3 Å². The minimum Gasteiger partial charge on any atom is -0.367 e. The van der Waals surface area contributed by atoms with Gasteiger partial charge in [0.1, 0.15) is 17.5 Å². The minimum atomic E-state index is -0.326. The first kappa shape index (κ1) is 25.1. The number of nitrogens with one attached hydrogen (secondary N) is 1. The second-order valence-electron chi connectivity index (χ2n) is 10.3. The first-order valence-corrected chi connectivity index (χ1v) is 14.5. The molecule has 10 heteroatoms. The number of benzene rings is 3. The van der Waals surface area contributed by atoms with E-state index in [4.69, 9.17) is 4.98 Å². The number of halogens is 2. The molecular weight excluding hydrogens is 528 g/mol. The molecule has 0 radical (unpaired) electrons. The van der Waals surface area contributed by atoms with E-state index in [9.17, 15) is 8.78 Å². The molecule has 0 spiro atoms. The fourth-order valence-electron chi connectivity index (χ4n) is 5.46. The fourth-order valence-corrected chi connectivity index (χ4v) is 6.25. The smallest absolute Gasteiger partial charge is 0.210 e. The van der Waals surface area contributed by atoms with Gasteiger partial charge in [0, 0.05) is 37.8 Å². The number of anilines is 3. The summed E-state index contributed by atoms with van der Waals surface area (Å²) in [5.74, 6) is 0.0585. The maximum absolute atomic E-state index is 14.9. The van der Waals surface area contributed by atoms with Gasteiger partial charge < -0.3 is 19.7 Å². The van der Waals surface area contributed by atoms with E-state index in [0.717, 1.165) is 68.0 Å². The zero-order valence-corrected chi connectivity index (χ0v) is 23.0. The predicted octanol–water partition coefficient (Wildman–Crippen LogP) is 6.72. The zero-order chi connectivity index (χ0) is 27.2. The van der Waals surface area contributed by atoms with Gasteiger partial charge in [-0.2, -0.15) is 0 Å². The second kappa shape index (κ2) is 10.3. The summed E-state index contributed by atoms with van der Waals surface area (Å²) in [4.78, 5) is 9.79. The molecule has 1 saturated carbocycles. The van der Waals surface area contributed by atoms with Gasteiger partial charge in [0.2, 0.25) is 5.13 Å². The molecule has 1 N–H and O–H groups in total. The lowest BCUT2D eigenvalue weighted by Crippen LogP contribution is -2.46. The van der Waals surface area contributed by atoms with Crippen LogP contribution in [0.5, 0.6) is 0 Å². The van der Waals surface area contributed by atoms with Gasteiger partial charge in [-0.25, -0.2) is 13.8 Å². The molecule has 2 aromatic heterocycles. The Morgan fingerprint density at radius 1 is 0.900 bits per heavy atom. The lowest BCUT2D eigenvalue weighted by atomic mass is 10.2. The lowest BCUT2D eigenvalue weighted by molar-refractivity contribution is 0.271. The third-order valence-electron chi connectivity index (χ3n) is 7.76. The highest BCUT2D eigenvalue weighted by molar-refractivity contribution is 7.18. The fraction of sp³-hybridized carbons (Fsp3) is 0.300. The number of likely N-dealkylation sites (N-methyl/N-ethyl adjacent to an activating group) is 1. The van der Waals surface area contributed by atoms with Crippen molar-refractivity contribution in [2.24, 2.45) is 0 Å². The third-order valence-corrected chi connectivity index (χ3v) is 8.64. The Hall–Kier alpha value is -3.89. The first-order valence-electron chi connectivity index (χ1n) is 13.7. The first-order chi connectivity index (χ1) is 19.6. The van der Waals surface area contributed by atoms with Crippen molar-refractivity contribution in [1.82, 2.24) is 24.6 Å². The maximum atomic E-state index is 14.9. The highest BCUT2D eigenvalue weighted by Gasteiger charge is 2.31. The van der Waals surface area contributed by atoms with Crippen LogP contribution in [0.2, 0.25) is 0 Å². The van der Waals surface area contributed by atoms with Crippen LogP contribution in [0.4, 0.5) is 25.3 Å². The molecular formula is C30H29F2N7S. The minimum absolute atomic E-state index is 0.275. The van der Waals surface area contributed by atoms with E-state index in [0.29, 0.717) is 33.1 Å². The number of fused-ring (bicyclic) bond motifs is 1. The molecule has 2 fully saturated rings. The van der Waals surface area contributed by atoms with E-state index < -0.39 is 0 Å². The molecule has 1 aliphatic carbocycles. The van der Waals surface area contributed by atoms with Crippen molar-refractivity contribution in [1.29, 1.82) is 0 Å². The summed E-state index contributed by atoms with van der Waals surface area (Å²) in [5, 5.41) is 13.1. The summed E-state index contributed by atoms with van der Waals surface area (Å²) in [6.45, 7) is 6.96. The summed E-state index contributed by atoms with van der Waals surface area (Å²) in [6, 6.07) is 18.0. The molecule has 3 heterocycles. The van der Waals surface area contributed by atoms with Crippen LogP contribution in [0.3, 0.4) is 0 Å². The van der Waals surface area contributed by atoms with Gasteiger partial charge in [0.25, 0.3) is 0 Å². The van der Waals surface area contributed by atoms with Gasteiger partial charge >= 0.3 is 0 Å². The Labute approximate surface area is 235 Å². The van der Waals surface area contributed by atoms with Gasteiger partial charge in [0.15, 0.2) is 5.01 Å². The van der Waals surface area contributed by atoms with Crippen molar-refractivity contribution in [2.75, 3.05) is 42.9 Å². The van der Waals surface area contributed by atoms with Crippen LogP contribution in [-0.4, -0.2) is 57.4 Å². The van der Waals surface area contributed by atoms with Crippen LogP contribution < -0.4 is 10.2 Å². The van der Waals surface area contributed by atoms with Crippen LogP contribution in [-0.2, 0) is 0 Å². The molecule has 1 aliphatic heterocycles. The largest absolute Gasteiger partial charge is 0.367 e. The normalized spacial score (nSPS) is 16.1. The molecule has 204 valence electrons. The predicted molar refractivity (Wildman–Crippen MR) is 156 cm³/mol.